The number of nitrogens with one attached hydrogen (secondary N) is 1. The summed E-state index contributed by atoms with van der Waals surface area (Å²) in [7, 11) is -2.73. The van der Waals surface area contributed by atoms with Gasteiger partial charge < -0.3 is 15.0 Å². The Hall–Kier alpha value is -3.27. The summed E-state index contributed by atoms with van der Waals surface area (Å²) in [5.74, 6) is -0.631. The van der Waals surface area contributed by atoms with Crippen LogP contribution in [0.1, 0.15) is 33.3 Å². The fourth-order valence-corrected chi connectivity index (χ4v) is 5.87. The first-order chi connectivity index (χ1) is 18.7. The number of benzene rings is 3. The Bertz CT molecular complexity index is 1440. The van der Waals surface area contributed by atoms with Gasteiger partial charge in [-0.05, 0) is 64.1 Å². The van der Waals surface area contributed by atoms with Gasteiger partial charge in [0.1, 0.15) is 18.3 Å². The van der Waals surface area contributed by atoms with Crippen LogP contribution in [0.5, 0.6) is 5.75 Å². The van der Waals surface area contributed by atoms with E-state index in [1.807, 2.05) is 20.8 Å². The molecule has 1 N–H and O–H groups in total. The number of carbonyl (C=O) groups excluding carboxylic acids is 2. The second kappa shape index (κ2) is 12.9. The van der Waals surface area contributed by atoms with E-state index in [0.717, 1.165) is 4.31 Å². The van der Waals surface area contributed by atoms with Crippen LogP contribution in [-0.4, -0.2) is 50.4 Å². The number of methoxy groups -OCH3 is 1. The zero-order valence-corrected chi connectivity index (χ0v) is 25.3. The van der Waals surface area contributed by atoms with Crippen molar-refractivity contribution < 1.29 is 22.7 Å². The Morgan fingerprint density at radius 3 is 2.12 bits per heavy atom. The van der Waals surface area contributed by atoms with E-state index in [4.69, 9.17) is 27.9 Å². The number of hydrogen-bond acceptors (Lipinski definition) is 5. The molecule has 0 fully saturated rings. The summed E-state index contributed by atoms with van der Waals surface area (Å²) >= 11 is 12.8. The molecule has 0 heterocycles. The van der Waals surface area contributed by atoms with Crippen molar-refractivity contribution in [2.45, 2.75) is 50.7 Å². The lowest BCUT2D eigenvalue weighted by Gasteiger charge is -2.34. The monoisotopic (exact) mass is 605 g/mol. The van der Waals surface area contributed by atoms with E-state index < -0.39 is 40.0 Å². The van der Waals surface area contributed by atoms with E-state index in [1.54, 1.807) is 61.5 Å². The highest BCUT2D eigenvalue weighted by Crippen LogP contribution is 2.29. The van der Waals surface area contributed by atoms with E-state index in [9.17, 15) is 18.0 Å². The molecule has 0 aromatic heterocycles. The van der Waals surface area contributed by atoms with Crippen molar-refractivity contribution in [3.8, 4) is 5.75 Å². The zero-order valence-electron chi connectivity index (χ0n) is 23.0. The van der Waals surface area contributed by atoms with Gasteiger partial charge in [0.25, 0.3) is 10.0 Å². The zero-order chi connectivity index (χ0) is 29.7. The third kappa shape index (κ3) is 7.68. The predicted molar refractivity (Wildman–Crippen MR) is 158 cm³/mol. The van der Waals surface area contributed by atoms with Gasteiger partial charge in [0, 0.05) is 33.8 Å². The molecule has 1 atom stereocenters. The molecule has 0 saturated heterocycles. The lowest BCUT2D eigenvalue weighted by molar-refractivity contribution is -0.140. The molecule has 0 aliphatic heterocycles. The Kier molecular flexibility index (Phi) is 10.1. The Morgan fingerprint density at radius 2 is 1.55 bits per heavy atom. The maximum atomic E-state index is 14.0. The molecule has 3 rings (SSSR count). The van der Waals surface area contributed by atoms with Gasteiger partial charge in [-0.1, -0.05) is 53.5 Å². The number of nitrogens with zero attached hydrogens (tertiary/aromatic N) is 2. The van der Waals surface area contributed by atoms with Crippen LogP contribution in [-0.2, 0) is 26.2 Å². The minimum Gasteiger partial charge on any atom is -0.497 e. The third-order valence-electron chi connectivity index (χ3n) is 6.01. The van der Waals surface area contributed by atoms with Crippen LogP contribution in [0.4, 0.5) is 5.69 Å². The minimum absolute atomic E-state index is 0.00448. The van der Waals surface area contributed by atoms with Crippen LogP contribution < -0.4 is 14.4 Å². The van der Waals surface area contributed by atoms with Gasteiger partial charge in [-0.3, -0.25) is 13.9 Å². The Morgan fingerprint density at radius 1 is 0.950 bits per heavy atom. The molecule has 0 spiro atoms. The second-order valence-corrected chi connectivity index (χ2v) is 12.8. The molecule has 0 saturated carbocycles. The highest BCUT2D eigenvalue weighted by atomic mass is 35.5. The maximum absolute atomic E-state index is 14.0. The number of sulfonamides is 1. The van der Waals surface area contributed by atoms with Gasteiger partial charge in [-0.2, -0.15) is 0 Å². The second-order valence-electron chi connectivity index (χ2n) is 10.2. The lowest BCUT2D eigenvalue weighted by atomic mass is 10.1. The summed E-state index contributed by atoms with van der Waals surface area (Å²) in [6, 6.07) is 18.2. The third-order valence-corrected chi connectivity index (χ3v) is 8.50. The van der Waals surface area contributed by atoms with Gasteiger partial charge in [-0.25, -0.2) is 8.42 Å². The first kappa shape index (κ1) is 31.3. The summed E-state index contributed by atoms with van der Waals surface area (Å²) in [4.78, 5) is 28.5. The van der Waals surface area contributed by atoms with Crippen molar-refractivity contribution in [2.75, 3.05) is 18.0 Å². The Labute approximate surface area is 245 Å². The highest BCUT2D eigenvalue weighted by Gasteiger charge is 2.34. The molecule has 0 unspecified atom stereocenters. The van der Waals surface area contributed by atoms with Crippen LogP contribution >= 0.6 is 23.2 Å². The van der Waals surface area contributed by atoms with Crippen molar-refractivity contribution in [2.24, 2.45) is 0 Å². The summed E-state index contributed by atoms with van der Waals surface area (Å²) in [5, 5.41) is 3.51. The number of anilines is 1. The first-order valence-electron chi connectivity index (χ1n) is 12.5. The summed E-state index contributed by atoms with van der Waals surface area (Å²) in [5.41, 5.74) is 0.0956. The van der Waals surface area contributed by atoms with Gasteiger partial charge >= 0.3 is 0 Å². The quantitative estimate of drug-likeness (QED) is 0.328. The van der Waals surface area contributed by atoms with Gasteiger partial charge in [-0.15, -0.1) is 0 Å². The van der Waals surface area contributed by atoms with Crippen LogP contribution in [0.15, 0.2) is 77.7 Å². The van der Waals surface area contributed by atoms with Crippen LogP contribution in [0, 0.1) is 0 Å². The van der Waals surface area contributed by atoms with E-state index >= 15 is 0 Å². The summed E-state index contributed by atoms with van der Waals surface area (Å²) < 4.78 is 34.0. The lowest BCUT2D eigenvalue weighted by Crippen LogP contribution is -2.54. The van der Waals surface area contributed by atoms with Gasteiger partial charge in [0.05, 0.1) is 17.7 Å². The van der Waals surface area contributed by atoms with Crippen LogP contribution in [0.25, 0.3) is 0 Å². The standard InChI is InChI=1S/C29H33Cl2N3O5S/c1-20(28(36)32-29(2,3)4)33(18-24-25(30)15-10-16-26(24)31)27(35)19-34(21-11-9-12-22(17-21)39-5)40(37,38)23-13-7-6-8-14-23/h6-17,20H,18-19H2,1-5H3,(H,32,36)/t20-/m0/s1. The summed E-state index contributed by atoms with van der Waals surface area (Å²) in [6.45, 7) is 6.33. The number of rotatable bonds is 10. The molecule has 2 amide bonds. The molecule has 3 aromatic carbocycles. The van der Waals surface area contributed by atoms with Crippen molar-refractivity contribution in [3.63, 3.8) is 0 Å². The molecule has 0 aliphatic rings. The van der Waals surface area contributed by atoms with Gasteiger partial charge in [0.2, 0.25) is 11.8 Å². The molecular weight excluding hydrogens is 573 g/mol. The largest absolute Gasteiger partial charge is 0.497 e. The van der Waals surface area contributed by atoms with E-state index in [2.05, 4.69) is 5.32 Å². The maximum Gasteiger partial charge on any atom is 0.264 e. The number of amides is 2. The van der Waals surface area contributed by atoms with Crippen molar-refractivity contribution in [3.05, 3.63) is 88.4 Å². The number of hydrogen-bond donors (Lipinski definition) is 1. The molecule has 40 heavy (non-hydrogen) atoms. The SMILES string of the molecule is COc1cccc(N(CC(=O)N(Cc2c(Cl)cccc2Cl)[C@@H](C)C(=O)NC(C)(C)C)S(=O)(=O)c2ccccc2)c1. The molecule has 0 aliphatic carbocycles. The van der Waals surface area contributed by atoms with Gasteiger partial charge in [0.15, 0.2) is 0 Å². The fraction of sp³-hybridized carbons (Fsp3) is 0.310. The molecule has 3 aromatic rings. The molecule has 214 valence electrons. The number of halogens is 2. The Balaban J connectivity index is 2.09. The van der Waals surface area contributed by atoms with E-state index in [-0.39, 0.29) is 17.1 Å². The van der Waals surface area contributed by atoms with E-state index in [0.29, 0.717) is 21.4 Å². The molecule has 0 radical (unpaired) electrons. The minimum atomic E-state index is -4.19. The molecule has 11 heteroatoms. The molecule has 0 bridgehead atoms. The van der Waals surface area contributed by atoms with Crippen molar-refractivity contribution >= 4 is 50.7 Å². The number of ether oxygens (including phenoxy) is 1. The van der Waals surface area contributed by atoms with Crippen LogP contribution in [0.3, 0.4) is 0 Å². The van der Waals surface area contributed by atoms with Crippen LogP contribution in [0.2, 0.25) is 10.0 Å². The molecule has 8 nitrogen and oxygen atoms in total. The predicted octanol–water partition coefficient (Wildman–Crippen LogP) is 5.53. The van der Waals surface area contributed by atoms with E-state index in [1.165, 1.54) is 30.2 Å². The average Bonchev–Trinajstić information content (AvgIpc) is 2.90. The highest BCUT2D eigenvalue weighted by molar-refractivity contribution is 7.92. The molecular formula is C29H33Cl2N3O5S. The topological polar surface area (TPSA) is 96.0 Å². The normalized spacial score (nSPS) is 12.4. The first-order valence-corrected chi connectivity index (χ1v) is 14.7. The van der Waals surface area contributed by atoms with Crippen molar-refractivity contribution in [1.82, 2.24) is 10.2 Å². The number of carbonyl (C=O) groups is 2. The summed E-state index contributed by atoms with van der Waals surface area (Å²) in [6.07, 6.45) is 0. The average molecular weight is 607 g/mol. The fourth-order valence-electron chi connectivity index (χ4n) is 3.92. The van der Waals surface area contributed by atoms with Crippen molar-refractivity contribution in [1.29, 1.82) is 0 Å². The smallest absolute Gasteiger partial charge is 0.264 e.